The first-order chi connectivity index (χ1) is 15.8. The van der Waals surface area contributed by atoms with Gasteiger partial charge in [-0.25, -0.2) is 4.79 Å². The molecular formula is C25H34O9. The highest BCUT2D eigenvalue weighted by molar-refractivity contribution is 5.82. The second-order valence-corrected chi connectivity index (χ2v) is 11.1. The molecule has 5 aliphatic rings. The van der Waals surface area contributed by atoms with E-state index in [0.29, 0.717) is 12.8 Å². The summed E-state index contributed by atoms with van der Waals surface area (Å²) in [5.74, 6) is -6.03. The van der Waals surface area contributed by atoms with E-state index in [9.17, 15) is 30.0 Å². The van der Waals surface area contributed by atoms with E-state index in [1.165, 1.54) is 0 Å². The molecule has 0 aromatic heterocycles. The summed E-state index contributed by atoms with van der Waals surface area (Å²) in [6, 6.07) is 0. The lowest BCUT2D eigenvalue weighted by molar-refractivity contribution is -0.318. The number of carbonyl (C=O) groups is 2. The number of carbonyl (C=O) groups excluding carboxylic acids is 2. The fourth-order valence-electron chi connectivity index (χ4n) is 7.87. The smallest absolute Gasteiger partial charge is 0.348 e. The summed E-state index contributed by atoms with van der Waals surface area (Å²) < 4.78 is 17.5. The van der Waals surface area contributed by atoms with Gasteiger partial charge in [0.15, 0.2) is 5.79 Å². The van der Waals surface area contributed by atoms with Gasteiger partial charge in [0, 0.05) is 17.3 Å². The van der Waals surface area contributed by atoms with E-state index < -0.39 is 76.8 Å². The van der Waals surface area contributed by atoms with Gasteiger partial charge in [-0.2, -0.15) is 0 Å². The van der Waals surface area contributed by atoms with Gasteiger partial charge in [0.05, 0.1) is 30.1 Å². The van der Waals surface area contributed by atoms with Gasteiger partial charge in [0.25, 0.3) is 0 Å². The van der Waals surface area contributed by atoms with Crippen molar-refractivity contribution in [2.45, 2.75) is 76.8 Å². The van der Waals surface area contributed by atoms with Crippen LogP contribution in [0.4, 0.5) is 0 Å². The van der Waals surface area contributed by atoms with Crippen LogP contribution in [0.1, 0.15) is 40.5 Å². The van der Waals surface area contributed by atoms with Crippen molar-refractivity contribution in [3.63, 3.8) is 0 Å². The fourth-order valence-corrected chi connectivity index (χ4v) is 7.87. The van der Waals surface area contributed by atoms with Crippen LogP contribution >= 0.6 is 0 Å². The highest BCUT2D eigenvalue weighted by Crippen LogP contribution is 2.73. The second-order valence-electron chi connectivity index (χ2n) is 11.1. The number of fused-ring (bicyclic) bond motifs is 1. The molecule has 2 aliphatic heterocycles. The Morgan fingerprint density at radius 2 is 2.03 bits per heavy atom. The number of aliphatic hydroxyl groups excluding tert-OH is 3. The zero-order valence-corrected chi connectivity index (χ0v) is 19.9. The molecule has 5 rings (SSSR count). The Hall–Kier alpha value is -1.78. The minimum absolute atomic E-state index is 0.0852. The summed E-state index contributed by atoms with van der Waals surface area (Å²) in [5, 5.41) is 45.0. The minimum Gasteiger partial charge on any atom is -0.459 e. The molecule has 2 heterocycles. The number of rotatable bonds is 3. The maximum absolute atomic E-state index is 13.2. The molecule has 9 nitrogen and oxygen atoms in total. The van der Waals surface area contributed by atoms with Crippen LogP contribution in [-0.2, 0) is 23.8 Å². The predicted molar refractivity (Wildman–Crippen MR) is 117 cm³/mol. The third kappa shape index (κ3) is 2.62. The number of hydrogen-bond acceptors (Lipinski definition) is 9. The van der Waals surface area contributed by atoms with Crippen LogP contribution in [-0.4, -0.2) is 75.3 Å². The van der Waals surface area contributed by atoms with Crippen LogP contribution in [0.3, 0.4) is 0 Å². The monoisotopic (exact) mass is 478 g/mol. The summed E-state index contributed by atoms with van der Waals surface area (Å²) in [4.78, 5) is 25.9. The van der Waals surface area contributed by atoms with Gasteiger partial charge in [-0.1, -0.05) is 39.0 Å². The zero-order chi connectivity index (χ0) is 25.0. The van der Waals surface area contributed by atoms with Crippen LogP contribution in [0, 0.1) is 34.5 Å². The SMILES string of the molecule is C=C1C(O)C2(O)OCC34C(CC5C(C)=CC(O)C(O)C5(C)C23)OC(=O)C(OC(=O)C(C)CC)C14. The van der Waals surface area contributed by atoms with E-state index in [0.717, 1.165) is 5.57 Å². The van der Waals surface area contributed by atoms with Gasteiger partial charge in [-0.3, -0.25) is 4.79 Å². The van der Waals surface area contributed by atoms with Gasteiger partial charge >= 0.3 is 11.9 Å². The largest absolute Gasteiger partial charge is 0.459 e. The Morgan fingerprint density at radius 3 is 2.68 bits per heavy atom. The molecule has 0 amide bonds. The van der Waals surface area contributed by atoms with Crippen molar-refractivity contribution in [1.29, 1.82) is 0 Å². The Kier molecular flexibility index (Phi) is 5.19. The first-order valence-corrected chi connectivity index (χ1v) is 12.0. The Balaban J connectivity index is 1.69. The molecule has 2 saturated carbocycles. The average Bonchev–Trinajstić information content (AvgIpc) is 3.08. The van der Waals surface area contributed by atoms with Crippen molar-refractivity contribution in [3.05, 3.63) is 23.8 Å². The number of hydrogen-bond donors (Lipinski definition) is 4. The summed E-state index contributed by atoms with van der Waals surface area (Å²) in [6.45, 7) is 11.1. The number of ether oxygens (including phenoxy) is 3. The fraction of sp³-hybridized carbons (Fsp3) is 0.760. The number of aliphatic hydroxyl groups is 4. The van der Waals surface area contributed by atoms with Crippen LogP contribution in [0.2, 0.25) is 0 Å². The quantitative estimate of drug-likeness (QED) is 0.336. The van der Waals surface area contributed by atoms with E-state index in [-0.39, 0.29) is 18.1 Å². The van der Waals surface area contributed by atoms with Crippen molar-refractivity contribution in [1.82, 2.24) is 0 Å². The standard InChI is InChI=1S/C25H34O9/c1-6-10(2)20(29)34-17-16-12(4)18(27)25(31)22-23(5)13(11(3)7-14(26)19(23)28)8-15(33-21(17)30)24(16,22)9-32-25/h7,10,13-19,22,26-28,31H,4,6,8-9H2,1-3,5H3. The summed E-state index contributed by atoms with van der Waals surface area (Å²) in [5.41, 5.74) is -1.30. The second kappa shape index (κ2) is 7.36. The predicted octanol–water partition coefficient (Wildman–Crippen LogP) is 0.446. The van der Waals surface area contributed by atoms with Gasteiger partial charge in [0.1, 0.15) is 12.2 Å². The molecule has 3 aliphatic carbocycles. The molecule has 34 heavy (non-hydrogen) atoms. The molecule has 9 heteroatoms. The topological polar surface area (TPSA) is 143 Å². The molecule has 0 aromatic carbocycles. The Morgan fingerprint density at radius 1 is 1.35 bits per heavy atom. The molecule has 4 fully saturated rings. The summed E-state index contributed by atoms with van der Waals surface area (Å²) in [6.07, 6.45) is -3.70. The lowest BCUT2D eigenvalue weighted by Gasteiger charge is -2.67. The highest BCUT2D eigenvalue weighted by Gasteiger charge is 2.83. The maximum atomic E-state index is 13.2. The summed E-state index contributed by atoms with van der Waals surface area (Å²) in [7, 11) is 0. The maximum Gasteiger partial charge on any atom is 0.348 e. The molecule has 4 N–H and O–H groups in total. The number of esters is 2. The third-order valence-electron chi connectivity index (χ3n) is 9.64. The van der Waals surface area contributed by atoms with Crippen molar-refractivity contribution in [2.75, 3.05) is 6.61 Å². The van der Waals surface area contributed by atoms with E-state index in [2.05, 4.69) is 6.58 Å². The lowest BCUT2D eigenvalue weighted by atomic mass is 9.38. The van der Waals surface area contributed by atoms with Crippen LogP contribution in [0.15, 0.2) is 23.8 Å². The molecule has 1 spiro atoms. The zero-order valence-electron chi connectivity index (χ0n) is 19.9. The minimum atomic E-state index is -2.12. The van der Waals surface area contributed by atoms with E-state index in [4.69, 9.17) is 14.2 Å². The lowest BCUT2D eigenvalue weighted by Crippen LogP contribution is -2.76. The van der Waals surface area contributed by atoms with Crippen molar-refractivity contribution < 1.29 is 44.2 Å². The Bertz CT molecular complexity index is 975. The van der Waals surface area contributed by atoms with E-state index >= 15 is 0 Å². The molecule has 0 aromatic rings. The van der Waals surface area contributed by atoms with Crippen LogP contribution in [0.5, 0.6) is 0 Å². The van der Waals surface area contributed by atoms with Gasteiger partial charge in [-0.05, 0) is 31.3 Å². The first-order valence-electron chi connectivity index (χ1n) is 12.0. The highest BCUT2D eigenvalue weighted by atomic mass is 16.7. The van der Waals surface area contributed by atoms with Crippen LogP contribution < -0.4 is 0 Å². The first kappa shape index (κ1) is 23.9. The van der Waals surface area contributed by atoms with Crippen molar-refractivity contribution >= 4 is 11.9 Å². The van der Waals surface area contributed by atoms with Gasteiger partial charge in [-0.15, -0.1) is 0 Å². The third-order valence-corrected chi connectivity index (χ3v) is 9.64. The molecule has 188 valence electrons. The van der Waals surface area contributed by atoms with Crippen molar-refractivity contribution in [3.8, 4) is 0 Å². The van der Waals surface area contributed by atoms with Gasteiger partial charge in [0.2, 0.25) is 6.10 Å². The molecule has 2 bridgehead atoms. The molecular weight excluding hydrogens is 444 g/mol. The number of allylic oxidation sites excluding steroid dienone is 1. The van der Waals surface area contributed by atoms with Crippen LogP contribution in [0.25, 0.3) is 0 Å². The average molecular weight is 479 g/mol. The molecule has 0 radical (unpaired) electrons. The Labute approximate surface area is 198 Å². The molecule has 12 atom stereocenters. The normalized spacial score (nSPS) is 52.2. The van der Waals surface area contributed by atoms with E-state index in [1.807, 2.05) is 13.8 Å². The van der Waals surface area contributed by atoms with E-state index in [1.54, 1.807) is 19.9 Å². The molecule has 12 unspecified atom stereocenters. The van der Waals surface area contributed by atoms with Gasteiger partial charge < -0.3 is 34.6 Å². The molecule has 2 saturated heterocycles. The van der Waals surface area contributed by atoms with Crippen molar-refractivity contribution in [2.24, 2.45) is 34.5 Å². The summed E-state index contributed by atoms with van der Waals surface area (Å²) >= 11 is 0.